The average molecular weight is 251 g/mol. The van der Waals surface area contributed by atoms with E-state index in [0.29, 0.717) is 12.1 Å². The van der Waals surface area contributed by atoms with E-state index in [2.05, 4.69) is 22.4 Å². The highest BCUT2D eigenvalue weighted by Gasteiger charge is 2.48. The van der Waals surface area contributed by atoms with Gasteiger partial charge < -0.3 is 5.11 Å². The molecular weight excluding hydrogens is 234 g/mol. The highest BCUT2D eigenvalue weighted by Crippen LogP contribution is 2.41. The number of hydrogen-bond acceptors (Lipinski definition) is 3. The summed E-state index contributed by atoms with van der Waals surface area (Å²) in [6, 6.07) is 5.08. The van der Waals surface area contributed by atoms with Crippen molar-refractivity contribution in [2.45, 2.75) is 37.8 Å². The van der Waals surface area contributed by atoms with Crippen molar-refractivity contribution in [3.8, 4) is 0 Å². The third kappa shape index (κ3) is 2.00. The summed E-state index contributed by atoms with van der Waals surface area (Å²) in [5.74, 6) is -0.713. The van der Waals surface area contributed by atoms with Gasteiger partial charge in [-0.25, -0.2) is 0 Å². The van der Waals surface area contributed by atoms with Crippen LogP contribution in [0, 0.1) is 5.92 Å². The van der Waals surface area contributed by atoms with Gasteiger partial charge in [0.25, 0.3) is 0 Å². The topological polar surface area (TPSA) is 40.5 Å². The Labute approximate surface area is 105 Å². The second-order valence-corrected chi connectivity index (χ2v) is 6.08. The maximum absolute atomic E-state index is 11.1. The van der Waals surface area contributed by atoms with Crippen LogP contribution in [0.4, 0.5) is 0 Å². The van der Waals surface area contributed by atoms with Crippen molar-refractivity contribution in [3.63, 3.8) is 0 Å². The minimum absolute atomic E-state index is 0.114. The molecule has 0 radical (unpaired) electrons. The average Bonchev–Trinajstić information content (AvgIpc) is 3.01. The van der Waals surface area contributed by atoms with Crippen LogP contribution in [0.3, 0.4) is 0 Å². The smallest absolute Gasteiger partial charge is 0.308 e. The summed E-state index contributed by atoms with van der Waals surface area (Å²) in [6.45, 7) is 1.03. The Morgan fingerprint density at radius 3 is 3.06 bits per heavy atom. The van der Waals surface area contributed by atoms with Crippen molar-refractivity contribution >= 4 is 17.3 Å². The summed E-state index contributed by atoms with van der Waals surface area (Å²) in [6.07, 6.45) is 4.20. The minimum atomic E-state index is -0.599. The molecule has 0 aliphatic carbocycles. The quantitative estimate of drug-likeness (QED) is 0.892. The van der Waals surface area contributed by atoms with Gasteiger partial charge in [0.05, 0.1) is 5.92 Å². The third-order valence-electron chi connectivity index (χ3n) is 4.19. The molecule has 0 saturated carbocycles. The molecule has 1 N–H and O–H groups in total. The fourth-order valence-electron chi connectivity index (χ4n) is 3.41. The van der Waals surface area contributed by atoms with Crippen molar-refractivity contribution < 1.29 is 9.90 Å². The Morgan fingerprint density at radius 1 is 1.53 bits per heavy atom. The molecule has 4 heteroatoms. The first-order chi connectivity index (χ1) is 8.25. The molecule has 3 atom stereocenters. The molecule has 0 spiro atoms. The lowest BCUT2D eigenvalue weighted by atomic mass is 9.89. The van der Waals surface area contributed by atoms with Crippen LogP contribution in [0.1, 0.15) is 24.1 Å². The molecule has 3 unspecified atom stereocenters. The Bertz CT molecular complexity index is 404. The fourth-order valence-corrected chi connectivity index (χ4v) is 4.11. The number of thiophene rings is 1. The molecule has 2 aliphatic rings. The van der Waals surface area contributed by atoms with Gasteiger partial charge in [0, 0.05) is 23.5 Å². The van der Waals surface area contributed by atoms with Crippen LogP contribution in [0.5, 0.6) is 0 Å². The molecule has 17 heavy (non-hydrogen) atoms. The van der Waals surface area contributed by atoms with Gasteiger partial charge in [0.15, 0.2) is 0 Å². The standard InChI is InChI=1S/C13H17NO2S/c15-13(16)11-8-9-3-4-12(11)14(9)6-5-10-2-1-7-17-10/h1-2,7,9,11-12H,3-6,8H2,(H,15,16). The van der Waals surface area contributed by atoms with Crippen molar-refractivity contribution in [2.75, 3.05) is 6.54 Å². The van der Waals surface area contributed by atoms with Crippen LogP contribution in [-0.4, -0.2) is 34.6 Å². The molecule has 1 aromatic rings. The number of rotatable bonds is 4. The van der Waals surface area contributed by atoms with Crippen molar-refractivity contribution in [2.24, 2.45) is 5.92 Å². The van der Waals surface area contributed by atoms with E-state index >= 15 is 0 Å². The molecule has 3 rings (SSSR count). The lowest BCUT2D eigenvalue weighted by Gasteiger charge is -2.22. The van der Waals surface area contributed by atoms with Crippen molar-refractivity contribution in [1.82, 2.24) is 4.90 Å². The Kier molecular flexibility index (Phi) is 2.92. The molecule has 2 saturated heterocycles. The fraction of sp³-hybridized carbons (Fsp3) is 0.615. The first-order valence-electron chi connectivity index (χ1n) is 6.26. The van der Waals surface area contributed by atoms with Gasteiger partial charge in [-0.3, -0.25) is 9.69 Å². The van der Waals surface area contributed by atoms with E-state index in [9.17, 15) is 9.90 Å². The highest BCUT2D eigenvalue weighted by atomic mass is 32.1. The van der Waals surface area contributed by atoms with Crippen LogP contribution < -0.4 is 0 Å². The predicted molar refractivity (Wildman–Crippen MR) is 67.3 cm³/mol. The van der Waals surface area contributed by atoms with Gasteiger partial charge in [0.2, 0.25) is 0 Å². The van der Waals surface area contributed by atoms with Crippen LogP contribution in [0.15, 0.2) is 17.5 Å². The first-order valence-corrected chi connectivity index (χ1v) is 7.14. The predicted octanol–water partition coefficient (Wildman–Crippen LogP) is 2.23. The zero-order chi connectivity index (χ0) is 11.8. The molecule has 92 valence electrons. The molecule has 3 heterocycles. The summed E-state index contributed by atoms with van der Waals surface area (Å²) in [5.41, 5.74) is 0. The zero-order valence-corrected chi connectivity index (χ0v) is 10.5. The van der Waals surface area contributed by atoms with Crippen molar-refractivity contribution in [3.05, 3.63) is 22.4 Å². The van der Waals surface area contributed by atoms with Crippen LogP contribution in [0.2, 0.25) is 0 Å². The Balaban J connectivity index is 1.63. The maximum atomic E-state index is 11.1. The van der Waals surface area contributed by atoms with Crippen LogP contribution in [0.25, 0.3) is 0 Å². The summed E-state index contributed by atoms with van der Waals surface area (Å²) in [5, 5.41) is 11.3. The summed E-state index contributed by atoms with van der Waals surface area (Å²) >= 11 is 1.79. The molecule has 3 nitrogen and oxygen atoms in total. The van der Waals surface area contributed by atoms with E-state index in [1.54, 1.807) is 11.3 Å². The lowest BCUT2D eigenvalue weighted by Crippen LogP contribution is -2.34. The molecule has 0 aromatic carbocycles. The monoisotopic (exact) mass is 251 g/mol. The number of nitrogens with zero attached hydrogens (tertiary/aromatic N) is 1. The third-order valence-corrected chi connectivity index (χ3v) is 5.13. The number of fused-ring (bicyclic) bond motifs is 2. The Morgan fingerprint density at radius 2 is 2.41 bits per heavy atom. The van der Waals surface area contributed by atoms with Gasteiger partial charge in [-0.2, -0.15) is 0 Å². The van der Waals surface area contributed by atoms with Crippen LogP contribution in [-0.2, 0) is 11.2 Å². The summed E-state index contributed by atoms with van der Waals surface area (Å²) in [7, 11) is 0. The lowest BCUT2D eigenvalue weighted by molar-refractivity contribution is -0.142. The maximum Gasteiger partial charge on any atom is 0.308 e. The minimum Gasteiger partial charge on any atom is -0.481 e. The van der Waals surface area contributed by atoms with Gasteiger partial charge in [-0.1, -0.05) is 6.07 Å². The highest BCUT2D eigenvalue weighted by molar-refractivity contribution is 7.09. The van der Waals surface area contributed by atoms with Gasteiger partial charge in [-0.05, 0) is 37.1 Å². The summed E-state index contributed by atoms with van der Waals surface area (Å²) < 4.78 is 0. The van der Waals surface area contributed by atoms with E-state index < -0.39 is 5.97 Å². The Hall–Kier alpha value is -0.870. The number of hydrogen-bond donors (Lipinski definition) is 1. The molecule has 2 fully saturated rings. The van der Waals surface area contributed by atoms with Gasteiger partial charge in [0.1, 0.15) is 0 Å². The normalized spacial score (nSPS) is 32.1. The van der Waals surface area contributed by atoms with Gasteiger partial charge >= 0.3 is 5.97 Å². The van der Waals surface area contributed by atoms with E-state index in [1.807, 2.05) is 0 Å². The molecule has 2 aliphatic heterocycles. The second-order valence-electron chi connectivity index (χ2n) is 5.05. The van der Waals surface area contributed by atoms with E-state index in [4.69, 9.17) is 0 Å². The van der Waals surface area contributed by atoms with Crippen LogP contribution >= 0.6 is 11.3 Å². The van der Waals surface area contributed by atoms with E-state index in [1.165, 1.54) is 11.3 Å². The van der Waals surface area contributed by atoms with E-state index in [-0.39, 0.29) is 5.92 Å². The largest absolute Gasteiger partial charge is 0.481 e. The van der Waals surface area contributed by atoms with E-state index in [0.717, 1.165) is 25.8 Å². The van der Waals surface area contributed by atoms with Gasteiger partial charge in [-0.15, -0.1) is 11.3 Å². The molecule has 1 aromatic heterocycles. The molecular formula is C13H17NO2S. The molecule has 2 bridgehead atoms. The number of aliphatic carboxylic acids is 1. The second kappa shape index (κ2) is 4.42. The number of carbonyl (C=O) groups is 1. The SMILES string of the molecule is O=C(O)C1CC2CCC1N2CCc1cccs1. The van der Waals surface area contributed by atoms with Crippen molar-refractivity contribution in [1.29, 1.82) is 0 Å². The molecule has 0 amide bonds. The summed E-state index contributed by atoms with van der Waals surface area (Å²) in [4.78, 5) is 15.0. The first kappa shape index (κ1) is 11.2. The zero-order valence-electron chi connectivity index (χ0n) is 9.71. The number of carboxylic acid groups (broad SMARTS) is 1. The number of carboxylic acids is 1.